The molecule has 3 unspecified atom stereocenters. The molecule has 0 radical (unpaired) electrons. The third kappa shape index (κ3) is 72.3. The molecule has 0 aliphatic carbocycles. The molecule has 0 aromatic rings. The predicted molar refractivity (Wildman–Crippen MR) is 404 cm³/mol. The first-order valence-corrected chi connectivity index (χ1v) is 43.8. The number of phosphoric acid groups is 2. The average molecular weight is 1450 g/mol. The number of rotatable bonds is 77. The molecule has 0 aromatic heterocycles. The highest BCUT2D eigenvalue weighted by Gasteiger charge is 2.30. The van der Waals surface area contributed by atoms with Crippen LogP contribution in [0, 0.1) is 11.8 Å². The Hall–Kier alpha value is -2.46. The van der Waals surface area contributed by atoms with Crippen LogP contribution in [-0.4, -0.2) is 96.7 Å². The molecule has 0 bridgehead atoms. The van der Waals surface area contributed by atoms with Gasteiger partial charge in [-0.2, -0.15) is 0 Å². The maximum atomic E-state index is 13.1. The van der Waals surface area contributed by atoms with Crippen LogP contribution in [0.4, 0.5) is 0 Å². The van der Waals surface area contributed by atoms with E-state index < -0.39 is 97.5 Å². The molecule has 0 aliphatic heterocycles. The van der Waals surface area contributed by atoms with Crippen molar-refractivity contribution >= 4 is 39.5 Å². The van der Waals surface area contributed by atoms with E-state index in [0.29, 0.717) is 25.7 Å². The number of hydrogen-bond donors (Lipinski definition) is 3. The van der Waals surface area contributed by atoms with Gasteiger partial charge in [-0.1, -0.05) is 342 Å². The Labute approximate surface area is 605 Å². The molecule has 584 valence electrons. The number of phosphoric ester groups is 2. The summed E-state index contributed by atoms with van der Waals surface area (Å²) in [7, 11) is -9.93. The fourth-order valence-electron chi connectivity index (χ4n) is 11.8. The van der Waals surface area contributed by atoms with Crippen molar-refractivity contribution in [3.05, 3.63) is 24.3 Å². The molecule has 3 N–H and O–H groups in total. The Kier molecular flexibility index (Phi) is 69.4. The molecular formula is C80H152O17P2. The van der Waals surface area contributed by atoms with Crippen LogP contribution in [0.15, 0.2) is 24.3 Å². The number of carbonyl (C=O) groups is 4. The monoisotopic (exact) mass is 1450 g/mol. The largest absolute Gasteiger partial charge is 0.472 e. The highest BCUT2D eigenvalue weighted by atomic mass is 31.2. The Balaban J connectivity index is 5.28. The van der Waals surface area contributed by atoms with Gasteiger partial charge in [-0.05, 0) is 63.2 Å². The molecule has 0 saturated heterocycles. The number of carbonyl (C=O) groups excluding carboxylic acids is 4. The van der Waals surface area contributed by atoms with E-state index in [9.17, 15) is 43.2 Å². The minimum Gasteiger partial charge on any atom is -0.462 e. The zero-order valence-electron chi connectivity index (χ0n) is 64.3. The fraction of sp³-hybridized carbons (Fsp3) is 0.900. The molecule has 0 fully saturated rings. The molecule has 0 heterocycles. The number of ether oxygens (including phenoxy) is 4. The van der Waals surface area contributed by atoms with Crippen molar-refractivity contribution in [1.29, 1.82) is 0 Å². The first-order chi connectivity index (χ1) is 47.9. The summed E-state index contributed by atoms with van der Waals surface area (Å²) >= 11 is 0. The quantitative estimate of drug-likeness (QED) is 0.0169. The number of aliphatic hydroxyl groups is 1. The molecule has 0 aliphatic rings. The van der Waals surface area contributed by atoms with Crippen LogP contribution >= 0.6 is 15.6 Å². The van der Waals surface area contributed by atoms with Crippen molar-refractivity contribution < 1.29 is 80.2 Å². The van der Waals surface area contributed by atoms with Gasteiger partial charge in [0.05, 0.1) is 26.4 Å². The lowest BCUT2D eigenvalue weighted by Gasteiger charge is -2.21. The zero-order valence-corrected chi connectivity index (χ0v) is 66.1. The summed E-state index contributed by atoms with van der Waals surface area (Å²) in [6.45, 7) is 9.54. The summed E-state index contributed by atoms with van der Waals surface area (Å²) in [6.07, 6.45) is 63.2. The number of esters is 4. The molecule has 6 atom stereocenters. The van der Waals surface area contributed by atoms with E-state index in [0.717, 1.165) is 121 Å². The molecule has 0 amide bonds. The van der Waals surface area contributed by atoms with Crippen molar-refractivity contribution in [1.82, 2.24) is 0 Å². The minimum atomic E-state index is -4.97. The first kappa shape index (κ1) is 96.5. The van der Waals surface area contributed by atoms with Gasteiger partial charge in [0.25, 0.3) is 0 Å². The Morgan fingerprint density at radius 2 is 0.596 bits per heavy atom. The highest BCUT2D eigenvalue weighted by molar-refractivity contribution is 7.47. The predicted octanol–water partition coefficient (Wildman–Crippen LogP) is 23.4. The lowest BCUT2D eigenvalue weighted by Crippen LogP contribution is -2.30. The molecule has 19 heteroatoms. The normalized spacial score (nSPS) is 14.4. The number of unbranched alkanes of at least 4 members (excludes halogenated alkanes) is 43. The van der Waals surface area contributed by atoms with E-state index in [-0.39, 0.29) is 25.7 Å². The van der Waals surface area contributed by atoms with Gasteiger partial charge in [0.15, 0.2) is 12.2 Å². The standard InChI is InChI=1S/C80H152O17P2/c1-7-10-12-14-16-18-20-22-24-25-27-31-35-39-43-50-56-62-77(82)90-68-75(96-79(84)64-59-53-45-41-37-33-29-28-30-34-38-42-48-54-60-72(4)5)70-94-98(86,87)92-66-74(81)67-93-99(88,89)95-71-76(69-91-78(83)63-57-51-47-46-49-55-61-73(6)9-3)97-80(85)65-58-52-44-40-36-32-26-23-21-19-17-15-13-11-8-2/h19,21,23,26,72-76,81H,7-18,20,22,24-25,27-71H2,1-6H3,(H,86,87)(H,88,89)/b21-19-,26-23-/t73?,74-,75-,76-/m1/s1. The van der Waals surface area contributed by atoms with Crippen LogP contribution in [0.25, 0.3) is 0 Å². The Morgan fingerprint density at radius 3 is 0.909 bits per heavy atom. The summed E-state index contributed by atoms with van der Waals surface area (Å²) in [5.74, 6) is -0.620. The number of allylic oxidation sites excluding steroid dienone is 4. The lowest BCUT2D eigenvalue weighted by atomic mass is 10.00. The van der Waals surface area contributed by atoms with Gasteiger partial charge in [0.2, 0.25) is 0 Å². The molecule has 0 aromatic carbocycles. The second-order valence-electron chi connectivity index (χ2n) is 28.8. The lowest BCUT2D eigenvalue weighted by molar-refractivity contribution is -0.161. The van der Waals surface area contributed by atoms with Gasteiger partial charge in [-0.3, -0.25) is 37.3 Å². The van der Waals surface area contributed by atoms with E-state index in [1.807, 2.05) is 0 Å². The summed E-state index contributed by atoms with van der Waals surface area (Å²) in [6, 6.07) is 0. The second-order valence-corrected chi connectivity index (χ2v) is 31.7. The highest BCUT2D eigenvalue weighted by Crippen LogP contribution is 2.45. The molecular weight excluding hydrogens is 1290 g/mol. The zero-order chi connectivity index (χ0) is 72.8. The SMILES string of the molecule is CCCCCC/C=C\C=C/CCCCCCCC(=O)O[C@H](COC(=O)CCCCCCCCC(C)CC)COP(=O)(O)OC[C@H](O)COP(=O)(O)OC[C@@H](COC(=O)CCCCCCCCCCCCCCCCCCC)OC(=O)CCCCCCCCCCCCCCCCC(C)C. The summed E-state index contributed by atoms with van der Waals surface area (Å²) in [4.78, 5) is 73.0. The van der Waals surface area contributed by atoms with E-state index in [1.54, 1.807) is 0 Å². The average Bonchev–Trinajstić information content (AvgIpc) is 1.04. The first-order valence-electron chi connectivity index (χ1n) is 40.8. The van der Waals surface area contributed by atoms with Crippen LogP contribution in [-0.2, 0) is 65.4 Å². The van der Waals surface area contributed by atoms with Gasteiger partial charge < -0.3 is 33.8 Å². The van der Waals surface area contributed by atoms with Gasteiger partial charge >= 0.3 is 39.5 Å². The smallest absolute Gasteiger partial charge is 0.462 e. The molecule has 0 saturated carbocycles. The molecule has 99 heavy (non-hydrogen) atoms. The van der Waals surface area contributed by atoms with E-state index in [1.165, 1.54) is 193 Å². The maximum absolute atomic E-state index is 13.1. The van der Waals surface area contributed by atoms with Crippen molar-refractivity contribution in [2.24, 2.45) is 11.8 Å². The molecule has 17 nitrogen and oxygen atoms in total. The van der Waals surface area contributed by atoms with Crippen molar-refractivity contribution in [2.45, 2.75) is 413 Å². The topological polar surface area (TPSA) is 237 Å². The minimum absolute atomic E-state index is 0.0843. The van der Waals surface area contributed by atoms with Crippen molar-refractivity contribution in [3.63, 3.8) is 0 Å². The van der Waals surface area contributed by atoms with Gasteiger partial charge in [-0.25, -0.2) is 9.13 Å². The number of hydrogen-bond acceptors (Lipinski definition) is 15. The molecule has 0 rings (SSSR count). The van der Waals surface area contributed by atoms with Gasteiger partial charge in [-0.15, -0.1) is 0 Å². The van der Waals surface area contributed by atoms with Gasteiger partial charge in [0, 0.05) is 25.7 Å². The van der Waals surface area contributed by atoms with Crippen LogP contribution in [0.2, 0.25) is 0 Å². The third-order valence-corrected chi connectivity index (χ3v) is 20.3. The summed E-state index contributed by atoms with van der Waals surface area (Å²) in [5.41, 5.74) is 0. The Morgan fingerprint density at radius 1 is 0.333 bits per heavy atom. The van der Waals surface area contributed by atoms with Crippen LogP contribution in [0.5, 0.6) is 0 Å². The maximum Gasteiger partial charge on any atom is 0.472 e. The van der Waals surface area contributed by atoms with Crippen LogP contribution in [0.3, 0.4) is 0 Å². The van der Waals surface area contributed by atoms with Gasteiger partial charge in [0.1, 0.15) is 19.3 Å². The van der Waals surface area contributed by atoms with Crippen molar-refractivity contribution in [3.8, 4) is 0 Å². The fourth-order valence-corrected chi connectivity index (χ4v) is 13.4. The van der Waals surface area contributed by atoms with Crippen molar-refractivity contribution in [2.75, 3.05) is 39.6 Å². The molecule has 0 spiro atoms. The number of aliphatic hydroxyl groups excluding tert-OH is 1. The van der Waals surface area contributed by atoms with Crippen LogP contribution < -0.4 is 0 Å². The second kappa shape index (κ2) is 71.2. The van der Waals surface area contributed by atoms with E-state index in [2.05, 4.69) is 65.8 Å². The van der Waals surface area contributed by atoms with E-state index in [4.69, 9.17) is 37.0 Å². The Bertz CT molecular complexity index is 2000. The van der Waals surface area contributed by atoms with Crippen LogP contribution in [0.1, 0.15) is 395 Å². The third-order valence-electron chi connectivity index (χ3n) is 18.4. The summed E-state index contributed by atoms with van der Waals surface area (Å²) in [5, 5.41) is 10.6. The summed E-state index contributed by atoms with van der Waals surface area (Å²) < 4.78 is 68.6. The van der Waals surface area contributed by atoms with E-state index >= 15 is 0 Å².